The van der Waals surface area contributed by atoms with Gasteiger partial charge in [0.05, 0.1) is 0 Å². The van der Waals surface area contributed by atoms with Crippen LogP contribution in [0.25, 0.3) is 0 Å². The van der Waals surface area contributed by atoms with Crippen molar-refractivity contribution < 1.29 is 4.74 Å². The first kappa shape index (κ1) is 18.3. The molecule has 0 aromatic carbocycles. The number of hydrogen-bond donors (Lipinski definition) is 0. The van der Waals surface area contributed by atoms with Crippen LogP contribution in [0.3, 0.4) is 0 Å². The van der Waals surface area contributed by atoms with Gasteiger partial charge in [-0.1, -0.05) is 0 Å². The second-order valence-corrected chi connectivity index (χ2v) is 19.9. The zero-order valence-electron chi connectivity index (χ0n) is 14.9. The van der Waals surface area contributed by atoms with Crippen molar-refractivity contribution in [3.05, 3.63) is 12.0 Å². The minimum atomic E-state index is -2.33. The molecule has 0 spiro atoms. The van der Waals surface area contributed by atoms with Crippen LogP contribution in [0.1, 0.15) is 65.1 Å². The summed E-state index contributed by atoms with van der Waals surface area (Å²) in [6, 6.07) is 0. The first-order valence-corrected chi connectivity index (χ1v) is 16.9. The van der Waals surface area contributed by atoms with Gasteiger partial charge in [-0.3, -0.25) is 0 Å². The van der Waals surface area contributed by atoms with Crippen molar-refractivity contribution >= 4 is 22.1 Å². The number of imidazole rings is 1. The third-order valence-corrected chi connectivity index (χ3v) is 20.1. The fraction of sp³-hybridized carbons (Fsp3) is 0.833. The second-order valence-electron chi connectivity index (χ2n) is 6.88. The zero-order valence-corrected chi connectivity index (χ0v) is 17.7. The molecule has 1 aromatic rings. The molecule has 0 fully saturated rings. The van der Waals surface area contributed by atoms with Gasteiger partial charge in [0.2, 0.25) is 0 Å². The molecule has 0 amide bonds. The first-order valence-electron chi connectivity index (χ1n) is 9.40. The van der Waals surface area contributed by atoms with Crippen molar-refractivity contribution in [1.82, 2.24) is 9.55 Å². The minimum absolute atomic E-state index is 0.720. The molecule has 0 N–H and O–H groups in total. The molecule has 0 atom stereocenters. The van der Waals surface area contributed by atoms with E-state index in [1.54, 1.807) is 3.71 Å². The number of aromatic nitrogens is 2. The van der Waals surface area contributed by atoms with E-state index in [4.69, 9.17) is 9.72 Å². The van der Waals surface area contributed by atoms with Gasteiger partial charge in [-0.05, 0) is 0 Å². The Bertz CT molecular complexity index is 399. The van der Waals surface area contributed by atoms with Crippen molar-refractivity contribution in [3.63, 3.8) is 0 Å². The van der Waals surface area contributed by atoms with Gasteiger partial charge >= 0.3 is 141 Å². The number of fused-ring (bicyclic) bond motifs is 1. The summed E-state index contributed by atoms with van der Waals surface area (Å²) in [5.41, 5.74) is 0. The predicted molar refractivity (Wildman–Crippen MR) is 96.4 cm³/mol. The molecule has 2 rings (SSSR count). The maximum atomic E-state index is 5.61. The van der Waals surface area contributed by atoms with Gasteiger partial charge < -0.3 is 0 Å². The normalized spacial score (nSPS) is 15.0. The summed E-state index contributed by atoms with van der Waals surface area (Å²) in [5.74, 6) is 1.19. The van der Waals surface area contributed by atoms with E-state index < -0.39 is 18.4 Å². The molecule has 0 saturated heterocycles. The Morgan fingerprint density at radius 3 is 2.14 bits per heavy atom. The molecule has 1 aliphatic heterocycles. The number of hydrogen-bond acceptors (Lipinski definition) is 2. The fourth-order valence-corrected chi connectivity index (χ4v) is 19.1. The Labute approximate surface area is 140 Å². The van der Waals surface area contributed by atoms with Crippen LogP contribution in [0.2, 0.25) is 13.3 Å². The molecular weight excluding hydrogens is 379 g/mol. The van der Waals surface area contributed by atoms with Gasteiger partial charge in [0.15, 0.2) is 0 Å². The molecule has 0 unspecified atom stereocenters. The second kappa shape index (κ2) is 9.31. The molecule has 0 bridgehead atoms. The molecule has 126 valence electrons. The average Bonchev–Trinajstić information content (AvgIpc) is 2.99. The van der Waals surface area contributed by atoms with E-state index in [1.807, 2.05) is 0 Å². The van der Waals surface area contributed by atoms with Gasteiger partial charge in [0, 0.05) is 0 Å². The predicted octanol–water partition coefficient (Wildman–Crippen LogP) is 4.47. The molecule has 1 aromatic heterocycles. The quantitative estimate of drug-likeness (QED) is 0.530. The zero-order chi connectivity index (χ0) is 15.8. The van der Waals surface area contributed by atoms with Crippen molar-refractivity contribution in [1.29, 1.82) is 0 Å². The molecule has 2 heterocycles. The summed E-state index contributed by atoms with van der Waals surface area (Å²) in [7, 11) is 0. The standard InChI is InChI=1S/C6H7N2O.3C4H9.Sn/c1-2-8-3-4-9-5-6(8)7-1;3*1-3-4-2;/h2H,3-5H2;3*1,3-4H2,2H3;. The van der Waals surface area contributed by atoms with Crippen molar-refractivity contribution in [2.45, 2.75) is 85.8 Å². The van der Waals surface area contributed by atoms with Crippen molar-refractivity contribution in [3.8, 4) is 0 Å². The molecule has 4 heteroatoms. The topological polar surface area (TPSA) is 27.1 Å². The van der Waals surface area contributed by atoms with Crippen LogP contribution in [0.15, 0.2) is 6.20 Å². The van der Waals surface area contributed by atoms with Crippen molar-refractivity contribution in [2.24, 2.45) is 0 Å². The third-order valence-electron chi connectivity index (χ3n) is 5.14. The van der Waals surface area contributed by atoms with E-state index in [0.717, 1.165) is 19.8 Å². The van der Waals surface area contributed by atoms with E-state index in [0.29, 0.717) is 0 Å². The molecule has 0 radical (unpaired) electrons. The van der Waals surface area contributed by atoms with Gasteiger partial charge in [-0.15, -0.1) is 0 Å². The number of nitrogens with zero attached hydrogens (tertiary/aromatic N) is 2. The summed E-state index contributed by atoms with van der Waals surface area (Å²) < 4.78 is 14.1. The SMILES string of the molecule is CCC[CH2][Sn]([CH2]CCC)([CH2]CCC)[c]1cn2c(n1)COCC2. The van der Waals surface area contributed by atoms with E-state index >= 15 is 0 Å². The van der Waals surface area contributed by atoms with Gasteiger partial charge in [0.25, 0.3) is 0 Å². The summed E-state index contributed by atoms with van der Waals surface area (Å²) in [4.78, 5) is 5.11. The molecule has 0 aliphatic carbocycles. The Balaban J connectivity index is 2.27. The molecule has 3 nitrogen and oxygen atoms in total. The first-order chi connectivity index (χ1) is 10.8. The van der Waals surface area contributed by atoms with Crippen LogP contribution < -0.4 is 3.71 Å². The van der Waals surface area contributed by atoms with E-state index in [1.165, 1.54) is 57.7 Å². The van der Waals surface area contributed by atoms with Crippen LogP contribution in [0, 0.1) is 0 Å². The van der Waals surface area contributed by atoms with E-state index in [2.05, 4.69) is 31.5 Å². The molecule has 1 aliphatic rings. The number of unbranched alkanes of at least 4 members (excludes halogenated alkanes) is 3. The van der Waals surface area contributed by atoms with E-state index in [-0.39, 0.29) is 0 Å². The Hall–Kier alpha value is -0.0313. The molecular formula is C18H34N2OSn. The number of ether oxygens (including phenoxy) is 1. The van der Waals surface area contributed by atoms with Gasteiger partial charge in [-0.25, -0.2) is 0 Å². The Morgan fingerprint density at radius 2 is 1.64 bits per heavy atom. The average molecular weight is 413 g/mol. The van der Waals surface area contributed by atoms with Gasteiger partial charge in [0.1, 0.15) is 0 Å². The Kier molecular flexibility index (Phi) is 7.75. The van der Waals surface area contributed by atoms with Crippen LogP contribution in [0.4, 0.5) is 0 Å². The summed E-state index contributed by atoms with van der Waals surface area (Å²) in [6.45, 7) is 9.58. The molecule has 0 saturated carbocycles. The van der Waals surface area contributed by atoms with Crippen molar-refractivity contribution in [2.75, 3.05) is 6.61 Å². The van der Waals surface area contributed by atoms with Crippen LogP contribution in [-0.2, 0) is 17.9 Å². The summed E-state index contributed by atoms with van der Waals surface area (Å²) in [6.07, 6.45) is 10.6. The van der Waals surface area contributed by atoms with Crippen LogP contribution in [-0.4, -0.2) is 34.5 Å². The van der Waals surface area contributed by atoms with Crippen LogP contribution >= 0.6 is 0 Å². The van der Waals surface area contributed by atoms with Crippen LogP contribution in [0.5, 0.6) is 0 Å². The fourth-order valence-electron chi connectivity index (χ4n) is 3.65. The van der Waals surface area contributed by atoms with E-state index in [9.17, 15) is 0 Å². The maximum absolute atomic E-state index is 5.61. The Morgan fingerprint density at radius 1 is 1.05 bits per heavy atom. The monoisotopic (exact) mass is 414 g/mol. The molecule has 22 heavy (non-hydrogen) atoms. The third kappa shape index (κ3) is 4.50. The summed E-state index contributed by atoms with van der Waals surface area (Å²) >= 11 is -2.33. The number of rotatable bonds is 10. The summed E-state index contributed by atoms with van der Waals surface area (Å²) in [5, 5.41) is 0. The van der Waals surface area contributed by atoms with Gasteiger partial charge in [-0.2, -0.15) is 0 Å².